The third-order valence-electron chi connectivity index (χ3n) is 5.52. The zero-order chi connectivity index (χ0) is 27.8. The van der Waals surface area contributed by atoms with Crippen molar-refractivity contribution in [3.05, 3.63) is 89.9 Å². The van der Waals surface area contributed by atoms with Crippen LogP contribution < -0.4 is 15.6 Å². The highest BCUT2D eigenvalue weighted by molar-refractivity contribution is 5.89. The smallest absolute Gasteiger partial charge is 0.336 e. The number of nitrogens with zero attached hydrogens (tertiary/aromatic N) is 3. The lowest BCUT2D eigenvalue weighted by Crippen LogP contribution is -2.43. The third kappa shape index (κ3) is 7.69. The van der Waals surface area contributed by atoms with Crippen LogP contribution in [0.25, 0.3) is 11.3 Å². The molecule has 13 nitrogen and oxygen atoms in total. The molecule has 6 N–H and O–H groups in total. The Kier molecular flexibility index (Phi) is 9.62. The lowest BCUT2D eigenvalue weighted by Gasteiger charge is -2.20. The molecule has 208 valence electrons. The van der Waals surface area contributed by atoms with E-state index in [9.17, 15) is 24.6 Å². The third-order valence-corrected chi connectivity index (χ3v) is 5.52. The fraction of sp³-hybridized carbons (Fsp3) is 0.185. The lowest BCUT2D eigenvalue weighted by atomic mass is 9.96. The quantitative estimate of drug-likeness (QED) is 0.187. The maximum absolute atomic E-state index is 12.4. The average Bonchev–Trinajstić information content (AvgIpc) is 3.36. The molecule has 0 radical (unpaired) electrons. The van der Waals surface area contributed by atoms with Crippen LogP contribution in [-0.4, -0.2) is 54.0 Å². The van der Waals surface area contributed by atoms with Crippen molar-refractivity contribution in [1.82, 2.24) is 21.3 Å². The number of aliphatic carboxylic acids is 2. The molecule has 0 fully saturated rings. The summed E-state index contributed by atoms with van der Waals surface area (Å²) in [6.07, 6.45) is 1.15. The van der Waals surface area contributed by atoms with Crippen LogP contribution in [0.2, 0.25) is 0 Å². The second-order valence-electron chi connectivity index (χ2n) is 8.55. The molecule has 3 heterocycles. The van der Waals surface area contributed by atoms with E-state index < -0.39 is 36.4 Å². The Morgan fingerprint density at radius 1 is 0.900 bits per heavy atom. The molecular formula is C27H26N4O9. The minimum absolute atomic E-state index is 0. The predicted octanol–water partition coefficient (Wildman–Crippen LogP) is 3.05. The number of hydrogen-bond donors (Lipinski definition) is 4. The highest BCUT2D eigenvalue weighted by atomic mass is 16.5. The van der Waals surface area contributed by atoms with Gasteiger partial charge in [-0.25, -0.2) is 14.8 Å². The average molecular weight is 551 g/mol. The van der Waals surface area contributed by atoms with Crippen LogP contribution in [0.3, 0.4) is 0 Å². The van der Waals surface area contributed by atoms with Crippen LogP contribution in [0.15, 0.2) is 77.6 Å². The normalized spacial score (nSPS) is 12.0. The van der Waals surface area contributed by atoms with Crippen LogP contribution in [-0.2, 0) is 27.4 Å². The topological polar surface area (TPSA) is 217 Å². The van der Waals surface area contributed by atoms with Gasteiger partial charge in [-0.15, -0.1) is 0 Å². The molecule has 0 aliphatic carbocycles. The summed E-state index contributed by atoms with van der Waals surface area (Å²) < 4.78 is 16.2. The van der Waals surface area contributed by atoms with Gasteiger partial charge in [-0.3, -0.25) is 9.59 Å². The van der Waals surface area contributed by atoms with E-state index >= 15 is 0 Å². The molecule has 1 atom stereocenters. The van der Waals surface area contributed by atoms with E-state index in [0.717, 1.165) is 11.1 Å². The molecule has 13 heteroatoms. The highest BCUT2D eigenvalue weighted by Crippen LogP contribution is 2.30. The fourth-order valence-corrected chi connectivity index (χ4v) is 3.58. The monoisotopic (exact) mass is 550 g/mol. The van der Waals surface area contributed by atoms with E-state index in [0.29, 0.717) is 24.6 Å². The van der Waals surface area contributed by atoms with Gasteiger partial charge in [0.25, 0.3) is 0 Å². The number of hydrogen-bond acceptors (Lipinski definition) is 11. The standard InChI is InChI=1S/C27H23N3O9.H3N/c31-23(32)14-27(36,26(34)35)15-24(33)38-25-20(4-3-11-29-25)21-13-19(30-39-21)12-17-6-8-18(9-7-17)16-37-22-5-1-2-10-28-22;/h1-11,13,36H,12,14-16H2,(H,31,32)(H,34,35);1H3. The van der Waals surface area contributed by atoms with E-state index in [-0.39, 0.29) is 23.4 Å². The van der Waals surface area contributed by atoms with Crippen LogP contribution in [0.4, 0.5) is 0 Å². The van der Waals surface area contributed by atoms with Crippen LogP contribution in [0.5, 0.6) is 11.8 Å². The summed E-state index contributed by atoms with van der Waals surface area (Å²) in [5.41, 5.74) is -0.0721. The number of aromatic nitrogens is 3. The molecule has 0 spiro atoms. The molecule has 4 rings (SSSR count). The summed E-state index contributed by atoms with van der Waals surface area (Å²) in [7, 11) is 0. The Balaban J connectivity index is 0.00000441. The number of esters is 1. The Bertz CT molecular complexity index is 1460. The predicted molar refractivity (Wildman–Crippen MR) is 138 cm³/mol. The Morgan fingerprint density at radius 2 is 1.62 bits per heavy atom. The SMILES string of the molecule is N.O=C(O)CC(O)(CC(=O)Oc1ncccc1-c1cc(Cc2ccc(COc3ccccn3)cc2)no1)C(=O)O. The van der Waals surface area contributed by atoms with Gasteiger partial charge < -0.3 is 35.5 Å². The van der Waals surface area contributed by atoms with Crippen molar-refractivity contribution in [2.45, 2.75) is 31.5 Å². The van der Waals surface area contributed by atoms with E-state index in [1.165, 1.54) is 6.20 Å². The lowest BCUT2D eigenvalue weighted by molar-refractivity contribution is -0.169. The van der Waals surface area contributed by atoms with Crippen molar-refractivity contribution in [2.24, 2.45) is 0 Å². The maximum atomic E-state index is 12.4. The van der Waals surface area contributed by atoms with Gasteiger partial charge in [0.1, 0.15) is 6.61 Å². The van der Waals surface area contributed by atoms with Gasteiger partial charge in [-0.2, -0.15) is 0 Å². The summed E-state index contributed by atoms with van der Waals surface area (Å²) in [5, 5.41) is 32.2. The number of rotatable bonds is 12. The number of carbonyl (C=O) groups is 3. The summed E-state index contributed by atoms with van der Waals surface area (Å²) in [6, 6.07) is 17.9. The Labute approximate surface area is 227 Å². The van der Waals surface area contributed by atoms with Crippen molar-refractivity contribution in [2.75, 3.05) is 0 Å². The first-order valence-corrected chi connectivity index (χ1v) is 11.6. The zero-order valence-electron chi connectivity index (χ0n) is 21.1. The molecule has 0 bridgehead atoms. The van der Waals surface area contributed by atoms with Crippen LogP contribution in [0.1, 0.15) is 29.7 Å². The number of carboxylic acid groups (broad SMARTS) is 2. The summed E-state index contributed by atoms with van der Waals surface area (Å²) in [5.74, 6) is -4.08. The first-order chi connectivity index (χ1) is 18.7. The fourth-order valence-electron chi connectivity index (χ4n) is 3.58. The molecule has 0 amide bonds. The molecule has 3 aromatic heterocycles. The number of aliphatic hydroxyl groups is 1. The van der Waals surface area contributed by atoms with Gasteiger partial charge in [0.2, 0.25) is 11.8 Å². The molecule has 1 unspecified atom stereocenters. The number of carboxylic acids is 2. The number of pyridine rings is 2. The molecule has 0 saturated carbocycles. The molecule has 1 aromatic carbocycles. The van der Waals surface area contributed by atoms with Crippen molar-refractivity contribution >= 4 is 17.9 Å². The van der Waals surface area contributed by atoms with Crippen molar-refractivity contribution < 1.29 is 43.7 Å². The second-order valence-corrected chi connectivity index (χ2v) is 8.55. The molecule has 0 aliphatic heterocycles. The molecule has 0 saturated heterocycles. The first-order valence-electron chi connectivity index (χ1n) is 11.6. The molecule has 0 aliphatic rings. The first kappa shape index (κ1) is 29.4. The van der Waals surface area contributed by atoms with E-state index in [4.69, 9.17) is 19.1 Å². The van der Waals surface area contributed by atoms with Crippen molar-refractivity contribution in [3.63, 3.8) is 0 Å². The minimum atomic E-state index is -2.84. The van der Waals surface area contributed by atoms with Crippen LogP contribution >= 0.6 is 0 Å². The summed E-state index contributed by atoms with van der Waals surface area (Å²) in [6.45, 7) is 0.369. The second kappa shape index (κ2) is 13.1. The Morgan fingerprint density at radius 3 is 2.30 bits per heavy atom. The molecule has 4 aromatic rings. The maximum Gasteiger partial charge on any atom is 0.336 e. The van der Waals surface area contributed by atoms with E-state index in [2.05, 4.69) is 15.1 Å². The summed E-state index contributed by atoms with van der Waals surface area (Å²) >= 11 is 0. The number of ether oxygens (including phenoxy) is 2. The zero-order valence-corrected chi connectivity index (χ0v) is 21.1. The number of benzene rings is 1. The molecule has 40 heavy (non-hydrogen) atoms. The van der Waals surface area contributed by atoms with E-state index in [1.807, 2.05) is 36.4 Å². The van der Waals surface area contributed by atoms with Gasteiger partial charge in [0, 0.05) is 30.9 Å². The minimum Gasteiger partial charge on any atom is -0.481 e. The number of carbonyl (C=O) groups excluding carboxylic acids is 1. The van der Waals surface area contributed by atoms with Gasteiger partial charge >= 0.3 is 17.9 Å². The van der Waals surface area contributed by atoms with Gasteiger partial charge in [-0.1, -0.05) is 35.5 Å². The van der Waals surface area contributed by atoms with Crippen molar-refractivity contribution in [1.29, 1.82) is 0 Å². The van der Waals surface area contributed by atoms with Gasteiger partial charge in [0.15, 0.2) is 11.4 Å². The van der Waals surface area contributed by atoms with Gasteiger partial charge in [-0.05, 0) is 29.3 Å². The van der Waals surface area contributed by atoms with Crippen LogP contribution in [0, 0.1) is 0 Å². The largest absolute Gasteiger partial charge is 0.481 e. The van der Waals surface area contributed by atoms with Gasteiger partial charge in [0.05, 0.1) is 24.1 Å². The van der Waals surface area contributed by atoms with Crippen molar-refractivity contribution in [3.8, 4) is 23.1 Å². The Hall–Kier alpha value is -5.14. The highest BCUT2D eigenvalue weighted by Gasteiger charge is 2.41. The van der Waals surface area contributed by atoms with E-state index in [1.54, 1.807) is 30.5 Å². The summed E-state index contributed by atoms with van der Waals surface area (Å²) in [4.78, 5) is 42.7. The molecular weight excluding hydrogens is 524 g/mol.